The van der Waals surface area contributed by atoms with E-state index in [9.17, 15) is 37.1 Å². The van der Waals surface area contributed by atoms with E-state index >= 15 is 0 Å². The van der Waals surface area contributed by atoms with Crippen LogP contribution in [-0.4, -0.2) is 109 Å². The van der Waals surface area contributed by atoms with Gasteiger partial charge in [0, 0.05) is 26.7 Å². The molecule has 2 aliphatic rings. The van der Waals surface area contributed by atoms with Crippen molar-refractivity contribution in [2.45, 2.75) is 43.9 Å². The van der Waals surface area contributed by atoms with Gasteiger partial charge in [-0.15, -0.1) is 0 Å². The maximum absolute atomic E-state index is 12.8. The zero-order valence-electron chi connectivity index (χ0n) is 17.6. The van der Waals surface area contributed by atoms with Crippen molar-refractivity contribution in [1.82, 2.24) is 14.7 Å². The predicted octanol–water partition coefficient (Wildman–Crippen LogP) is -0.252. The quantitative estimate of drug-likeness (QED) is 0.260. The van der Waals surface area contributed by atoms with Crippen molar-refractivity contribution in [1.29, 1.82) is 0 Å². The number of likely N-dealkylation sites (tertiary alicyclic amines) is 2. The van der Waals surface area contributed by atoms with Crippen LogP contribution in [0.4, 0.5) is 13.2 Å². The molecule has 0 aromatic heterocycles. The van der Waals surface area contributed by atoms with Crippen LogP contribution in [-0.2, 0) is 33.4 Å². The Morgan fingerprint density at radius 3 is 2.22 bits per heavy atom. The minimum absolute atomic E-state index is 0.0570. The molecule has 0 spiro atoms. The number of carbonyl (C=O) groups is 5. The number of esters is 2. The molecule has 0 saturated carbocycles. The molecule has 2 rings (SSSR count). The van der Waals surface area contributed by atoms with E-state index in [0.29, 0.717) is 32.1 Å². The number of alkyl halides is 3. The smallest absolute Gasteiger partial charge is 0.385 e. The van der Waals surface area contributed by atoms with E-state index in [1.807, 2.05) is 0 Å². The van der Waals surface area contributed by atoms with Crippen LogP contribution in [0.2, 0.25) is 0 Å². The summed E-state index contributed by atoms with van der Waals surface area (Å²) in [6.07, 6.45) is -2.95. The molecule has 0 aliphatic carbocycles. The Hall–Kier alpha value is -2.54. The third-order valence-corrected chi connectivity index (χ3v) is 5.38. The second kappa shape index (κ2) is 11.4. The fourth-order valence-electron chi connectivity index (χ4n) is 3.77. The summed E-state index contributed by atoms with van der Waals surface area (Å²) in [4.78, 5) is 63.5. The first-order chi connectivity index (χ1) is 15.1. The number of carbonyl (C=O) groups excluding carboxylic acids is 5. The van der Waals surface area contributed by atoms with Crippen LogP contribution in [0.3, 0.4) is 0 Å². The molecule has 2 amide bonds. The molecule has 2 atom stereocenters. The summed E-state index contributed by atoms with van der Waals surface area (Å²) in [6.45, 7) is 0.457. The fraction of sp³-hybridized carbons (Fsp3) is 0.737. The van der Waals surface area contributed by atoms with Gasteiger partial charge in [0.05, 0.1) is 25.7 Å². The maximum Gasteiger partial charge on any atom is 0.491 e. The van der Waals surface area contributed by atoms with Gasteiger partial charge >= 0.3 is 18.1 Å². The molecule has 10 nitrogen and oxygen atoms in total. The van der Waals surface area contributed by atoms with Crippen molar-refractivity contribution >= 4 is 30.0 Å². The van der Waals surface area contributed by atoms with Gasteiger partial charge in [-0.2, -0.15) is 13.2 Å². The molecule has 2 heterocycles. The lowest BCUT2D eigenvalue weighted by molar-refractivity contribution is -0.203. The summed E-state index contributed by atoms with van der Waals surface area (Å²) in [5.74, 6) is -5.01. The van der Waals surface area contributed by atoms with Crippen molar-refractivity contribution < 1.29 is 46.6 Å². The highest BCUT2D eigenvalue weighted by molar-refractivity contribution is 5.93. The molecule has 0 aromatic carbocycles. The van der Waals surface area contributed by atoms with Crippen LogP contribution in [0.1, 0.15) is 25.7 Å². The van der Waals surface area contributed by atoms with E-state index in [1.165, 1.54) is 16.9 Å². The Balaban J connectivity index is 2.01. The topological polar surface area (TPSA) is 114 Å². The number of hydrogen-bond donors (Lipinski definition) is 0. The molecular formula is C19H26F3N3O7. The zero-order valence-corrected chi connectivity index (χ0v) is 17.6. The third kappa shape index (κ3) is 6.73. The highest BCUT2D eigenvalue weighted by atomic mass is 19.4. The van der Waals surface area contributed by atoms with E-state index in [2.05, 4.69) is 4.74 Å². The Kier molecular flexibility index (Phi) is 9.13. The number of ether oxygens (including phenoxy) is 2. The SMILES string of the molecule is COCCN(CC(=O)N1CCC[C@@H]1C(=O)OC(=O)C(F)(F)F)CC(=O)N1CCC[C@@H]1C=O. The normalized spacial score (nSPS) is 21.2. The second-order valence-electron chi connectivity index (χ2n) is 7.59. The van der Waals surface area contributed by atoms with Gasteiger partial charge in [0.1, 0.15) is 12.3 Å². The number of hydrogen-bond acceptors (Lipinski definition) is 8. The van der Waals surface area contributed by atoms with Crippen LogP contribution in [0, 0.1) is 0 Å². The lowest BCUT2D eigenvalue weighted by Crippen LogP contribution is -2.50. The second-order valence-corrected chi connectivity index (χ2v) is 7.59. The number of methoxy groups -OCH3 is 1. The van der Waals surface area contributed by atoms with Crippen LogP contribution < -0.4 is 0 Å². The summed E-state index contributed by atoms with van der Waals surface area (Å²) in [5.41, 5.74) is 0. The Morgan fingerprint density at radius 2 is 1.62 bits per heavy atom. The monoisotopic (exact) mass is 465 g/mol. The molecule has 0 aromatic rings. The van der Waals surface area contributed by atoms with E-state index in [0.717, 1.165) is 4.90 Å². The number of amides is 2. The molecule has 2 saturated heterocycles. The average Bonchev–Trinajstić information content (AvgIpc) is 3.40. The van der Waals surface area contributed by atoms with Crippen LogP contribution in [0.25, 0.3) is 0 Å². The van der Waals surface area contributed by atoms with Crippen LogP contribution in [0.5, 0.6) is 0 Å². The van der Waals surface area contributed by atoms with Crippen molar-refractivity contribution in [3.63, 3.8) is 0 Å². The molecule has 0 radical (unpaired) electrons. The number of rotatable bonds is 9. The van der Waals surface area contributed by atoms with Gasteiger partial charge in [0.25, 0.3) is 0 Å². The van der Waals surface area contributed by atoms with Crippen LogP contribution in [0.15, 0.2) is 0 Å². The van der Waals surface area contributed by atoms with Crippen molar-refractivity contribution in [2.24, 2.45) is 0 Å². The third-order valence-electron chi connectivity index (χ3n) is 5.38. The highest BCUT2D eigenvalue weighted by Gasteiger charge is 2.45. The summed E-state index contributed by atoms with van der Waals surface area (Å²) in [7, 11) is 1.44. The highest BCUT2D eigenvalue weighted by Crippen LogP contribution is 2.22. The molecule has 0 N–H and O–H groups in total. The molecule has 2 fully saturated rings. The molecular weight excluding hydrogens is 439 g/mol. The number of nitrogens with zero attached hydrogens (tertiary/aromatic N) is 3. The Morgan fingerprint density at radius 1 is 1.03 bits per heavy atom. The van der Waals surface area contributed by atoms with Gasteiger partial charge in [-0.25, -0.2) is 9.59 Å². The fourth-order valence-corrected chi connectivity index (χ4v) is 3.77. The van der Waals surface area contributed by atoms with Gasteiger partial charge in [-0.3, -0.25) is 14.5 Å². The molecule has 32 heavy (non-hydrogen) atoms. The number of halogens is 3. The lowest BCUT2D eigenvalue weighted by Gasteiger charge is -2.29. The zero-order chi connectivity index (χ0) is 23.9. The van der Waals surface area contributed by atoms with Crippen LogP contribution >= 0.6 is 0 Å². The molecule has 0 bridgehead atoms. The largest absolute Gasteiger partial charge is 0.491 e. The van der Waals surface area contributed by atoms with Gasteiger partial charge in [-0.1, -0.05) is 0 Å². The van der Waals surface area contributed by atoms with E-state index in [-0.39, 0.29) is 45.1 Å². The first kappa shape index (κ1) is 25.7. The van der Waals surface area contributed by atoms with E-state index in [4.69, 9.17) is 4.74 Å². The maximum atomic E-state index is 12.8. The van der Waals surface area contributed by atoms with Crippen molar-refractivity contribution in [3.8, 4) is 0 Å². The minimum Gasteiger partial charge on any atom is -0.385 e. The molecule has 13 heteroatoms. The molecule has 180 valence electrons. The Labute approximate surface area is 182 Å². The average molecular weight is 465 g/mol. The first-order valence-electron chi connectivity index (χ1n) is 10.2. The van der Waals surface area contributed by atoms with Gasteiger partial charge < -0.3 is 24.1 Å². The summed E-state index contributed by atoms with van der Waals surface area (Å²) in [6, 6.07) is -1.82. The van der Waals surface area contributed by atoms with Gasteiger partial charge in [-0.05, 0) is 25.7 Å². The standard InChI is InChI=1S/C19H26F3N3O7/c1-31-9-8-23(10-15(27)24-6-2-4-13(24)12-26)11-16(28)25-7-3-5-14(25)17(29)32-18(30)19(20,21)22/h12-14H,2-11H2,1H3/t13-,14-/m1/s1. The first-order valence-corrected chi connectivity index (χ1v) is 10.2. The van der Waals surface area contributed by atoms with Crippen molar-refractivity contribution in [2.75, 3.05) is 46.4 Å². The predicted molar refractivity (Wildman–Crippen MR) is 101 cm³/mol. The summed E-state index contributed by atoms with van der Waals surface area (Å²) in [5, 5.41) is 0. The lowest BCUT2D eigenvalue weighted by atomic mass is 10.2. The minimum atomic E-state index is -5.32. The van der Waals surface area contributed by atoms with Gasteiger partial charge in [0.15, 0.2) is 0 Å². The van der Waals surface area contributed by atoms with E-state index in [1.54, 1.807) is 0 Å². The van der Waals surface area contributed by atoms with E-state index < -0.39 is 36.1 Å². The Bertz CT molecular complexity index is 731. The molecule has 0 unspecified atom stereocenters. The summed E-state index contributed by atoms with van der Waals surface area (Å²) >= 11 is 0. The number of aldehydes is 1. The van der Waals surface area contributed by atoms with Crippen molar-refractivity contribution in [3.05, 3.63) is 0 Å². The molecule has 2 aliphatic heterocycles. The summed E-state index contributed by atoms with van der Waals surface area (Å²) < 4.78 is 46.0. The van der Waals surface area contributed by atoms with Gasteiger partial charge in [0.2, 0.25) is 11.8 Å².